The predicted molar refractivity (Wildman–Crippen MR) is 110 cm³/mol. The van der Waals surface area contributed by atoms with Gasteiger partial charge in [0, 0.05) is 29.5 Å². The number of hydrogen-bond acceptors (Lipinski definition) is 5. The van der Waals surface area contributed by atoms with Crippen molar-refractivity contribution in [2.24, 2.45) is 0 Å². The Morgan fingerprint density at radius 2 is 1.89 bits per heavy atom. The van der Waals surface area contributed by atoms with Gasteiger partial charge in [0.1, 0.15) is 5.75 Å². The molecule has 2 aromatic carbocycles. The highest BCUT2D eigenvalue weighted by Gasteiger charge is 2.12. The minimum Gasteiger partial charge on any atom is -0.497 e. The van der Waals surface area contributed by atoms with Gasteiger partial charge >= 0.3 is 0 Å². The number of rotatable bonds is 6. The molecule has 0 atom stereocenters. The summed E-state index contributed by atoms with van der Waals surface area (Å²) < 4.78 is 7.04. The molecule has 4 rings (SSSR count). The third-order valence-corrected chi connectivity index (χ3v) is 5.34. The van der Waals surface area contributed by atoms with Crippen LogP contribution in [0.5, 0.6) is 5.75 Å². The quantitative estimate of drug-likeness (QED) is 0.543. The normalized spacial score (nSPS) is 10.9. The molecule has 0 aliphatic rings. The van der Waals surface area contributed by atoms with Crippen molar-refractivity contribution in [1.29, 1.82) is 0 Å². The first-order chi connectivity index (χ1) is 13.6. The summed E-state index contributed by atoms with van der Waals surface area (Å²) in [6.45, 7) is 2.54. The van der Waals surface area contributed by atoms with Crippen molar-refractivity contribution >= 4 is 22.2 Å². The fourth-order valence-electron chi connectivity index (χ4n) is 2.87. The van der Waals surface area contributed by atoms with Crippen molar-refractivity contribution in [3.63, 3.8) is 0 Å². The fourth-order valence-corrected chi connectivity index (χ4v) is 3.73. The molecule has 4 aromatic rings. The van der Waals surface area contributed by atoms with Crippen molar-refractivity contribution in [2.45, 2.75) is 13.3 Å². The molecule has 1 amide bonds. The maximum Gasteiger partial charge on any atom is 0.251 e. The van der Waals surface area contributed by atoms with Crippen LogP contribution in [0.25, 0.3) is 16.3 Å². The van der Waals surface area contributed by atoms with E-state index in [1.54, 1.807) is 18.4 Å². The van der Waals surface area contributed by atoms with Crippen LogP contribution >= 0.6 is 11.3 Å². The van der Waals surface area contributed by atoms with Crippen LogP contribution in [0.1, 0.15) is 21.6 Å². The molecule has 0 aliphatic carbocycles. The molecule has 0 bridgehead atoms. The van der Waals surface area contributed by atoms with Crippen molar-refractivity contribution in [3.8, 4) is 17.1 Å². The molecule has 0 radical (unpaired) electrons. The number of nitrogens with one attached hydrogen (secondary N) is 1. The van der Waals surface area contributed by atoms with E-state index < -0.39 is 0 Å². The number of fused-ring (bicyclic) bond motifs is 1. The molecular weight excluding hydrogens is 372 g/mol. The van der Waals surface area contributed by atoms with Crippen molar-refractivity contribution in [1.82, 2.24) is 19.9 Å². The minimum absolute atomic E-state index is 0.0658. The molecule has 7 heteroatoms. The lowest BCUT2D eigenvalue weighted by atomic mass is 10.1. The van der Waals surface area contributed by atoms with Gasteiger partial charge in [-0.15, -0.1) is 16.4 Å². The van der Waals surface area contributed by atoms with E-state index in [1.807, 2.05) is 65.4 Å². The Hall–Kier alpha value is -3.19. The van der Waals surface area contributed by atoms with Crippen LogP contribution in [0, 0.1) is 6.92 Å². The number of amides is 1. The second-order valence-corrected chi connectivity index (χ2v) is 7.29. The van der Waals surface area contributed by atoms with E-state index in [-0.39, 0.29) is 5.91 Å². The van der Waals surface area contributed by atoms with Gasteiger partial charge in [-0.25, -0.2) is 4.52 Å². The summed E-state index contributed by atoms with van der Waals surface area (Å²) in [5.41, 5.74) is 3.77. The van der Waals surface area contributed by atoms with Gasteiger partial charge in [0.2, 0.25) is 4.96 Å². The lowest BCUT2D eigenvalue weighted by Gasteiger charge is -2.05. The highest BCUT2D eigenvalue weighted by Crippen LogP contribution is 2.23. The topological polar surface area (TPSA) is 68.5 Å². The predicted octanol–water partition coefficient (Wildman–Crippen LogP) is 3.75. The van der Waals surface area contributed by atoms with Crippen LogP contribution in [0.15, 0.2) is 53.9 Å². The van der Waals surface area contributed by atoms with Crippen LogP contribution in [-0.4, -0.2) is 34.2 Å². The molecule has 1 N–H and O–H groups in total. The Balaban J connectivity index is 1.43. The second-order valence-electron chi connectivity index (χ2n) is 6.46. The SMILES string of the molecule is COc1ccc(-c2nc3scc(CCNC(=O)c4ccc(C)cc4)n3n2)cc1. The van der Waals surface area contributed by atoms with E-state index in [9.17, 15) is 4.79 Å². The molecule has 0 fully saturated rings. The Kier molecular flexibility index (Phi) is 5.08. The minimum atomic E-state index is -0.0658. The number of methoxy groups -OCH3 is 1. The van der Waals surface area contributed by atoms with Gasteiger partial charge in [0.05, 0.1) is 12.8 Å². The molecular formula is C21H20N4O2S. The number of ether oxygens (including phenoxy) is 1. The van der Waals surface area contributed by atoms with Gasteiger partial charge in [-0.2, -0.15) is 4.98 Å². The average molecular weight is 392 g/mol. The average Bonchev–Trinajstić information content (AvgIpc) is 3.30. The van der Waals surface area contributed by atoms with E-state index in [0.29, 0.717) is 24.4 Å². The number of carbonyl (C=O) groups is 1. The number of thiazole rings is 1. The highest BCUT2D eigenvalue weighted by molar-refractivity contribution is 7.15. The smallest absolute Gasteiger partial charge is 0.251 e. The number of aryl methyl sites for hydroxylation is 1. The lowest BCUT2D eigenvalue weighted by molar-refractivity contribution is 0.0954. The highest BCUT2D eigenvalue weighted by atomic mass is 32.1. The summed E-state index contributed by atoms with van der Waals surface area (Å²) in [5.74, 6) is 1.42. The molecule has 0 saturated heterocycles. The molecule has 0 aliphatic heterocycles. The van der Waals surface area contributed by atoms with Crippen LogP contribution in [0.4, 0.5) is 0 Å². The molecule has 28 heavy (non-hydrogen) atoms. The molecule has 142 valence electrons. The Morgan fingerprint density at radius 3 is 2.61 bits per heavy atom. The Morgan fingerprint density at radius 1 is 1.14 bits per heavy atom. The number of benzene rings is 2. The first-order valence-corrected chi connectivity index (χ1v) is 9.84. The zero-order chi connectivity index (χ0) is 19.5. The fraction of sp³-hybridized carbons (Fsp3) is 0.190. The van der Waals surface area contributed by atoms with Crippen molar-refractivity contribution in [3.05, 3.63) is 70.7 Å². The van der Waals surface area contributed by atoms with E-state index in [4.69, 9.17) is 4.74 Å². The maximum absolute atomic E-state index is 12.2. The van der Waals surface area contributed by atoms with E-state index in [2.05, 4.69) is 15.4 Å². The molecule has 0 saturated carbocycles. The third-order valence-electron chi connectivity index (χ3n) is 4.48. The molecule has 2 heterocycles. The van der Waals surface area contributed by atoms with Crippen LogP contribution in [0.2, 0.25) is 0 Å². The van der Waals surface area contributed by atoms with Gasteiger partial charge in [0.25, 0.3) is 5.91 Å². The summed E-state index contributed by atoms with van der Waals surface area (Å²) in [7, 11) is 1.64. The Labute approximate surface area is 166 Å². The zero-order valence-electron chi connectivity index (χ0n) is 15.7. The molecule has 6 nitrogen and oxygen atoms in total. The van der Waals surface area contributed by atoms with Crippen molar-refractivity contribution in [2.75, 3.05) is 13.7 Å². The first-order valence-electron chi connectivity index (χ1n) is 8.96. The van der Waals surface area contributed by atoms with Crippen LogP contribution in [-0.2, 0) is 6.42 Å². The van der Waals surface area contributed by atoms with Gasteiger partial charge in [0.15, 0.2) is 5.82 Å². The van der Waals surface area contributed by atoms with Gasteiger partial charge < -0.3 is 10.1 Å². The maximum atomic E-state index is 12.2. The van der Waals surface area contributed by atoms with Gasteiger partial charge in [-0.05, 0) is 43.3 Å². The van der Waals surface area contributed by atoms with Gasteiger partial charge in [-0.3, -0.25) is 4.79 Å². The summed E-state index contributed by atoms with van der Waals surface area (Å²) in [5, 5.41) is 9.62. The molecule has 0 unspecified atom stereocenters. The molecule has 2 aromatic heterocycles. The molecule has 0 spiro atoms. The summed E-state index contributed by atoms with van der Waals surface area (Å²) in [4.78, 5) is 17.7. The number of nitrogens with zero attached hydrogens (tertiary/aromatic N) is 3. The Bertz CT molecular complexity index is 1100. The van der Waals surface area contributed by atoms with E-state index >= 15 is 0 Å². The largest absolute Gasteiger partial charge is 0.497 e. The van der Waals surface area contributed by atoms with Gasteiger partial charge in [-0.1, -0.05) is 17.7 Å². The summed E-state index contributed by atoms with van der Waals surface area (Å²) in [6, 6.07) is 15.2. The van der Waals surface area contributed by atoms with Crippen LogP contribution < -0.4 is 10.1 Å². The lowest BCUT2D eigenvalue weighted by Crippen LogP contribution is -2.25. The van der Waals surface area contributed by atoms with E-state index in [1.165, 1.54) is 0 Å². The number of carbonyl (C=O) groups excluding carboxylic acids is 1. The second kappa shape index (κ2) is 7.82. The summed E-state index contributed by atoms with van der Waals surface area (Å²) in [6.07, 6.45) is 0.684. The number of aromatic nitrogens is 3. The first kappa shape index (κ1) is 18.2. The van der Waals surface area contributed by atoms with Crippen molar-refractivity contribution < 1.29 is 9.53 Å². The van der Waals surface area contributed by atoms with Crippen LogP contribution in [0.3, 0.4) is 0 Å². The summed E-state index contributed by atoms with van der Waals surface area (Å²) >= 11 is 1.55. The standard InChI is InChI=1S/C21H20N4O2S/c1-14-3-5-16(6-4-14)20(26)22-12-11-17-13-28-21-23-19(24-25(17)21)15-7-9-18(27-2)10-8-15/h3-10,13H,11-12H2,1-2H3,(H,22,26). The van der Waals surface area contributed by atoms with E-state index in [0.717, 1.165) is 27.5 Å². The third kappa shape index (κ3) is 3.75. The number of hydrogen-bond donors (Lipinski definition) is 1. The zero-order valence-corrected chi connectivity index (χ0v) is 16.5. The monoisotopic (exact) mass is 392 g/mol.